The molecule has 2 rings (SSSR count). The molecule has 0 aromatic heterocycles. The number of benzene rings is 2. The van der Waals surface area contributed by atoms with Crippen molar-refractivity contribution in [3.05, 3.63) is 73.9 Å². The Kier molecular flexibility index (Phi) is 9.18. The van der Waals surface area contributed by atoms with Crippen LogP contribution in [0.2, 0.25) is 10.0 Å². The minimum absolute atomic E-state index is 0.0579. The van der Waals surface area contributed by atoms with E-state index in [1.165, 1.54) is 13.2 Å². The fraction of sp³-hybridized carbons (Fsp3) is 0.190. The van der Waals surface area contributed by atoms with Crippen molar-refractivity contribution in [1.82, 2.24) is 0 Å². The van der Waals surface area contributed by atoms with Gasteiger partial charge in [-0.15, -0.1) is 0 Å². The lowest BCUT2D eigenvalue weighted by Gasteiger charge is -2.15. The van der Waals surface area contributed by atoms with Gasteiger partial charge < -0.3 is 19.3 Å². The van der Waals surface area contributed by atoms with Gasteiger partial charge in [-0.3, -0.25) is 0 Å². The number of methoxy groups -OCH3 is 1. The average Bonchev–Trinajstić information content (AvgIpc) is 2.68. The first-order valence-electron chi connectivity index (χ1n) is 8.56. The summed E-state index contributed by atoms with van der Waals surface area (Å²) in [6, 6.07) is 10.1. The van der Waals surface area contributed by atoms with Crippen LogP contribution in [0.25, 0.3) is 5.57 Å². The SMILES string of the molecule is COC(C)=C(C(=O)O)c1ccccc1COc1cc(Cl)c(OCC=C(Cl)Cl)c(Cl)c1. The van der Waals surface area contributed by atoms with E-state index in [2.05, 4.69) is 0 Å². The van der Waals surface area contributed by atoms with Gasteiger partial charge in [-0.25, -0.2) is 4.79 Å². The maximum atomic E-state index is 11.7. The summed E-state index contributed by atoms with van der Waals surface area (Å²) in [5.74, 6) is -0.153. The van der Waals surface area contributed by atoms with Crippen molar-refractivity contribution in [1.29, 1.82) is 0 Å². The Balaban J connectivity index is 2.25. The van der Waals surface area contributed by atoms with Crippen LogP contribution in [0.1, 0.15) is 18.1 Å². The first-order chi connectivity index (χ1) is 14.2. The van der Waals surface area contributed by atoms with Crippen molar-refractivity contribution >= 4 is 57.9 Å². The highest BCUT2D eigenvalue weighted by Crippen LogP contribution is 2.37. The van der Waals surface area contributed by atoms with Crippen molar-refractivity contribution in [2.75, 3.05) is 13.7 Å². The number of carboxylic acids is 1. The van der Waals surface area contributed by atoms with Gasteiger partial charge in [0.15, 0.2) is 5.75 Å². The maximum absolute atomic E-state index is 11.7. The largest absolute Gasteiger partial charge is 0.500 e. The van der Waals surface area contributed by atoms with Crippen molar-refractivity contribution in [3.8, 4) is 11.5 Å². The molecule has 30 heavy (non-hydrogen) atoms. The van der Waals surface area contributed by atoms with E-state index in [0.29, 0.717) is 16.9 Å². The van der Waals surface area contributed by atoms with Gasteiger partial charge in [0.2, 0.25) is 0 Å². The predicted molar refractivity (Wildman–Crippen MR) is 120 cm³/mol. The van der Waals surface area contributed by atoms with Crippen LogP contribution in [0.4, 0.5) is 0 Å². The number of hydrogen-bond donors (Lipinski definition) is 1. The number of ether oxygens (including phenoxy) is 3. The third-order valence-corrected chi connectivity index (χ3v) is 4.86. The first-order valence-corrected chi connectivity index (χ1v) is 10.1. The van der Waals surface area contributed by atoms with E-state index in [4.69, 9.17) is 60.6 Å². The molecule has 0 atom stereocenters. The molecule has 0 fully saturated rings. The standard InChI is InChI=1S/C21H18Cl4O5/c1-12(28-2)19(21(26)27)15-6-4-3-5-13(15)11-30-14-9-16(22)20(17(23)10-14)29-8-7-18(24)25/h3-7,9-10H,8,11H2,1-2H3,(H,26,27). The van der Waals surface area contributed by atoms with Crippen LogP contribution >= 0.6 is 46.4 Å². The van der Waals surface area contributed by atoms with Crippen molar-refractivity contribution in [2.45, 2.75) is 13.5 Å². The van der Waals surface area contributed by atoms with E-state index >= 15 is 0 Å². The van der Waals surface area contributed by atoms with Crippen LogP contribution in [0.3, 0.4) is 0 Å². The highest BCUT2D eigenvalue weighted by Gasteiger charge is 2.19. The molecule has 9 heteroatoms. The van der Waals surface area contributed by atoms with Gasteiger partial charge in [-0.1, -0.05) is 70.7 Å². The smallest absolute Gasteiger partial charge is 0.339 e. The van der Waals surface area contributed by atoms with E-state index in [1.807, 2.05) is 0 Å². The van der Waals surface area contributed by atoms with Gasteiger partial charge in [0.25, 0.3) is 0 Å². The number of hydrogen-bond acceptors (Lipinski definition) is 4. The van der Waals surface area contributed by atoms with Gasteiger partial charge in [0, 0.05) is 12.1 Å². The maximum Gasteiger partial charge on any atom is 0.339 e. The molecule has 0 aliphatic rings. The Labute approximate surface area is 194 Å². The van der Waals surface area contributed by atoms with Crippen LogP contribution in [-0.4, -0.2) is 24.8 Å². The number of allylic oxidation sites excluding steroid dienone is 1. The van der Waals surface area contributed by atoms with Gasteiger partial charge in [0.1, 0.15) is 34.8 Å². The fourth-order valence-corrected chi connectivity index (χ4v) is 3.26. The highest BCUT2D eigenvalue weighted by atomic mass is 35.5. The van der Waals surface area contributed by atoms with E-state index in [1.54, 1.807) is 43.3 Å². The predicted octanol–water partition coefficient (Wildman–Crippen LogP) is 6.73. The fourth-order valence-electron chi connectivity index (χ4n) is 2.55. The number of carboxylic acid groups (broad SMARTS) is 1. The zero-order valence-corrected chi connectivity index (χ0v) is 19.1. The van der Waals surface area contributed by atoms with E-state index in [9.17, 15) is 9.90 Å². The number of halogens is 4. The Hall–Kier alpha value is -2.05. The molecule has 1 N–H and O–H groups in total. The minimum atomic E-state index is -1.10. The topological polar surface area (TPSA) is 65.0 Å². The Bertz CT molecular complexity index is 958. The molecule has 0 amide bonds. The van der Waals surface area contributed by atoms with E-state index < -0.39 is 5.97 Å². The molecule has 0 aliphatic carbocycles. The summed E-state index contributed by atoms with van der Waals surface area (Å²) in [5.41, 5.74) is 1.20. The third kappa shape index (κ3) is 6.47. The molecule has 5 nitrogen and oxygen atoms in total. The van der Waals surface area contributed by atoms with Gasteiger partial charge >= 0.3 is 5.97 Å². The molecule has 0 bridgehead atoms. The second kappa shape index (κ2) is 11.4. The molecule has 0 saturated heterocycles. The van der Waals surface area contributed by atoms with Gasteiger partial charge in [0.05, 0.1) is 17.2 Å². The summed E-state index contributed by atoms with van der Waals surface area (Å²) in [6.45, 7) is 1.77. The summed E-state index contributed by atoms with van der Waals surface area (Å²) in [7, 11) is 1.42. The second-order valence-electron chi connectivity index (χ2n) is 5.91. The zero-order chi connectivity index (χ0) is 22.3. The summed E-state index contributed by atoms with van der Waals surface area (Å²) in [5, 5.41) is 10.1. The summed E-state index contributed by atoms with van der Waals surface area (Å²) < 4.78 is 16.5. The number of aliphatic carboxylic acids is 1. The summed E-state index contributed by atoms with van der Waals surface area (Å²) in [4.78, 5) is 11.7. The number of rotatable bonds is 9. The molecule has 0 aliphatic heterocycles. The van der Waals surface area contributed by atoms with Crippen LogP contribution in [-0.2, 0) is 16.1 Å². The summed E-state index contributed by atoms with van der Waals surface area (Å²) in [6.07, 6.45) is 1.45. The average molecular weight is 492 g/mol. The van der Waals surface area contributed by atoms with Crippen LogP contribution in [0.5, 0.6) is 11.5 Å². The Morgan fingerprint density at radius 2 is 1.73 bits per heavy atom. The van der Waals surface area contributed by atoms with Crippen molar-refractivity contribution in [3.63, 3.8) is 0 Å². The van der Waals surface area contributed by atoms with Crippen LogP contribution in [0, 0.1) is 0 Å². The molecule has 2 aromatic carbocycles. The molecule has 0 saturated carbocycles. The summed E-state index contributed by atoms with van der Waals surface area (Å²) >= 11 is 23.6. The monoisotopic (exact) mass is 490 g/mol. The normalized spacial score (nSPS) is 11.4. The molecule has 0 heterocycles. The van der Waals surface area contributed by atoms with Crippen LogP contribution < -0.4 is 9.47 Å². The molecular weight excluding hydrogens is 474 g/mol. The third-order valence-electron chi connectivity index (χ3n) is 3.99. The lowest BCUT2D eigenvalue weighted by atomic mass is 9.99. The minimum Gasteiger partial charge on any atom is -0.500 e. The van der Waals surface area contributed by atoms with Crippen molar-refractivity contribution < 1.29 is 24.1 Å². The van der Waals surface area contributed by atoms with Crippen LogP contribution in [0.15, 0.2) is 52.7 Å². The molecule has 160 valence electrons. The Morgan fingerprint density at radius 3 is 2.30 bits per heavy atom. The van der Waals surface area contributed by atoms with Gasteiger partial charge in [-0.2, -0.15) is 0 Å². The molecule has 0 radical (unpaired) electrons. The first kappa shape index (κ1) is 24.2. The quantitative estimate of drug-likeness (QED) is 0.311. The second-order valence-corrected chi connectivity index (χ2v) is 7.73. The lowest BCUT2D eigenvalue weighted by molar-refractivity contribution is -0.130. The number of carbonyl (C=O) groups is 1. The Morgan fingerprint density at radius 1 is 1.10 bits per heavy atom. The molecular formula is C21H18Cl4O5. The molecule has 2 aromatic rings. The van der Waals surface area contributed by atoms with E-state index in [-0.39, 0.29) is 44.8 Å². The van der Waals surface area contributed by atoms with Crippen molar-refractivity contribution in [2.24, 2.45) is 0 Å². The van der Waals surface area contributed by atoms with Gasteiger partial charge in [-0.05, 0) is 24.1 Å². The zero-order valence-electron chi connectivity index (χ0n) is 16.0. The molecule has 0 unspecified atom stereocenters. The van der Waals surface area contributed by atoms with E-state index in [0.717, 1.165) is 0 Å². The highest BCUT2D eigenvalue weighted by molar-refractivity contribution is 6.55. The lowest BCUT2D eigenvalue weighted by Crippen LogP contribution is -2.08. The molecule has 0 spiro atoms.